The molecule has 0 aromatic heterocycles. The van der Waals surface area contributed by atoms with Crippen molar-refractivity contribution in [3.63, 3.8) is 0 Å². The Balaban J connectivity index is 0.00000280. The van der Waals surface area contributed by atoms with Crippen molar-refractivity contribution in [2.45, 2.75) is 109 Å². The van der Waals surface area contributed by atoms with Gasteiger partial charge in [0.1, 0.15) is 5.78 Å². The Morgan fingerprint density at radius 2 is 1.44 bits per heavy atom. The van der Waals surface area contributed by atoms with Crippen LogP contribution in [0.4, 0.5) is 0 Å². The number of hydrogen-bond acceptors (Lipinski definition) is 4. The smallest absolute Gasteiger partial charge is 0.222 e. The zero-order valence-electron chi connectivity index (χ0n) is 17.1. The number of nitrogens with one attached hydrogen (secondary N) is 1. The molecule has 0 atom stereocenters. The summed E-state index contributed by atoms with van der Waals surface area (Å²) in [5, 5.41) is 3.13. The van der Waals surface area contributed by atoms with E-state index in [4.69, 9.17) is 9.47 Å². The van der Waals surface area contributed by atoms with E-state index in [1.165, 1.54) is 12.8 Å². The van der Waals surface area contributed by atoms with Crippen molar-refractivity contribution in [3.8, 4) is 0 Å². The molecule has 0 aromatic rings. The second-order valence-corrected chi connectivity index (χ2v) is 9.03. The van der Waals surface area contributed by atoms with Gasteiger partial charge in [-0.1, -0.05) is 13.8 Å². The lowest BCUT2D eigenvalue weighted by Gasteiger charge is -2.30. The highest BCUT2D eigenvalue weighted by Crippen LogP contribution is 2.31. The number of ketones is 1. The second kappa shape index (κ2) is 10.0. The average molecular weight is 382 g/mol. The van der Waals surface area contributed by atoms with E-state index in [2.05, 4.69) is 5.32 Å². The topological polar surface area (TPSA) is 64.6 Å². The molecule has 3 rings (SSSR count). The molecule has 0 radical (unpaired) electrons. The Bertz CT molecular complexity index is 493. The van der Waals surface area contributed by atoms with E-state index in [0.717, 1.165) is 51.4 Å². The molecule has 0 saturated heterocycles. The third kappa shape index (κ3) is 6.86. The summed E-state index contributed by atoms with van der Waals surface area (Å²) in [6, 6.07) is 0.226. The molecule has 3 aliphatic rings. The van der Waals surface area contributed by atoms with Crippen molar-refractivity contribution in [2.75, 3.05) is 6.61 Å². The Morgan fingerprint density at radius 3 is 2.00 bits per heavy atom. The molecular formula is C22H39NO4. The normalized spacial score (nSPS) is 31.7. The summed E-state index contributed by atoms with van der Waals surface area (Å²) in [4.78, 5) is 24.3. The van der Waals surface area contributed by atoms with Gasteiger partial charge >= 0.3 is 0 Å². The lowest BCUT2D eigenvalue weighted by atomic mass is 9.80. The number of rotatable bonds is 9. The van der Waals surface area contributed by atoms with Crippen molar-refractivity contribution in [3.05, 3.63) is 0 Å². The van der Waals surface area contributed by atoms with Gasteiger partial charge in [-0.05, 0) is 64.2 Å². The van der Waals surface area contributed by atoms with Crippen LogP contribution >= 0.6 is 0 Å². The van der Waals surface area contributed by atoms with Gasteiger partial charge in [0.15, 0.2) is 0 Å². The van der Waals surface area contributed by atoms with Gasteiger partial charge in [0.25, 0.3) is 0 Å². The molecule has 5 heteroatoms. The van der Waals surface area contributed by atoms with Crippen LogP contribution in [0.1, 0.15) is 85.9 Å². The summed E-state index contributed by atoms with van der Waals surface area (Å²) in [7, 11) is 0. The van der Waals surface area contributed by atoms with Gasteiger partial charge < -0.3 is 14.8 Å². The number of carbonyl (C=O) groups is 2. The first-order valence-electron chi connectivity index (χ1n) is 11.1. The van der Waals surface area contributed by atoms with Crippen LogP contribution in [0.2, 0.25) is 0 Å². The zero-order valence-corrected chi connectivity index (χ0v) is 17.1. The third-order valence-corrected chi connectivity index (χ3v) is 6.28. The zero-order chi connectivity index (χ0) is 19.2. The first-order valence-corrected chi connectivity index (χ1v) is 11.1. The maximum absolute atomic E-state index is 12.2. The Hall–Kier alpha value is -0.940. The fraction of sp³-hybridized carbons (Fsp3) is 0.909. The van der Waals surface area contributed by atoms with Crippen LogP contribution in [0.3, 0.4) is 0 Å². The summed E-state index contributed by atoms with van der Waals surface area (Å²) in [6.07, 6.45) is 12.1. The number of hydrogen-bond donors (Lipinski definition) is 1. The van der Waals surface area contributed by atoms with E-state index in [-0.39, 0.29) is 31.3 Å². The van der Waals surface area contributed by atoms with Crippen LogP contribution < -0.4 is 5.32 Å². The summed E-state index contributed by atoms with van der Waals surface area (Å²) in [5.41, 5.74) is 0. The van der Waals surface area contributed by atoms with Gasteiger partial charge in [-0.3, -0.25) is 9.59 Å². The average Bonchev–Trinajstić information content (AvgIpc) is 3.47. The van der Waals surface area contributed by atoms with Gasteiger partial charge in [-0.25, -0.2) is 0 Å². The van der Waals surface area contributed by atoms with Crippen molar-refractivity contribution >= 4 is 11.7 Å². The van der Waals surface area contributed by atoms with Gasteiger partial charge in [0.05, 0.1) is 24.9 Å². The molecule has 0 spiro atoms. The molecule has 3 fully saturated rings. The highest BCUT2D eigenvalue weighted by atomic mass is 16.5. The van der Waals surface area contributed by atoms with Crippen molar-refractivity contribution in [1.29, 1.82) is 0 Å². The molecule has 3 aliphatic carbocycles. The van der Waals surface area contributed by atoms with Gasteiger partial charge in [-0.15, -0.1) is 0 Å². The molecule has 0 aliphatic heterocycles. The van der Waals surface area contributed by atoms with Crippen molar-refractivity contribution < 1.29 is 20.5 Å². The van der Waals surface area contributed by atoms with Gasteiger partial charge in [0.2, 0.25) is 5.91 Å². The summed E-state index contributed by atoms with van der Waals surface area (Å²) in [5.74, 6) is 0.777. The van der Waals surface area contributed by atoms with Crippen LogP contribution in [0.15, 0.2) is 0 Å². The molecule has 3 saturated carbocycles. The number of carbonyl (C=O) groups excluding carboxylic acids is 2. The predicted octanol–water partition coefficient (Wildman–Crippen LogP) is 4.03. The number of ether oxygens (including phenoxy) is 2. The van der Waals surface area contributed by atoms with Crippen LogP contribution in [0.25, 0.3) is 0 Å². The molecular weight excluding hydrogens is 342 g/mol. The number of Topliss-reactive ketones (excluding diaryl/α,β-unsaturated/α-hetero) is 1. The summed E-state index contributed by atoms with van der Waals surface area (Å²) >= 11 is 0. The van der Waals surface area contributed by atoms with E-state index >= 15 is 0 Å². The van der Waals surface area contributed by atoms with Crippen LogP contribution in [-0.2, 0) is 19.1 Å². The molecule has 0 bridgehead atoms. The number of amides is 1. The molecule has 27 heavy (non-hydrogen) atoms. The van der Waals surface area contributed by atoms with Crippen LogP contribution in [0.5, 0.6) is 0 Å². The van der Waals surface area contributed by atoms with E-state index in [1.807, 2.05) is 13.8 Å². The van der Waals surface area contributed by atoms with E-state index < -0.39 is 0 Å². The summed E-state index contributed by atoms with van der Waals surface area (Å²) < 4.78 is 11.9. The first-order chi connectivity index (χ1) is 13.0. The largest absolute Gasteiger partial charge is 0.378 e. The predicted molar refractivity (Wildman–Crippen MR) is 107 cm³/mol. The van der Waals surface area contributed by atoms with E-state index in [1.54, 1.807) is 0 Å². The SMILES string of the molecule is CC(C)C(=O)C1CCC(NC(=O)CCOC2CCC(OC3CC3)CC2)CC1.[HH]. The Kier molecular flexibility index (Phi) is 7.71. The highest BCUT2D eigenvalue weighted by Gasteiger charge is 2.30. The standard InChI is InChI=1S/C22H37NO4.H2/c1-15(2)22(25)16-3-5-17(6-4-16)23-21(24)13-14-26-18-7-9-19(10-8-18)27-20-11-12-20;/h15-20H,3-14H2,1-2H3,(H,23,24);1H. The maximum Gasteiger partial charge on any atom is 0.222 e. The lowest BCUT2D eigenvalue weighted by molar-refractivity contribution is -0.127. The molecule has 1 N–H and O–H groups in total. The molecule has 0 unspecified atom stereocenters. The molecule has 5 nitrogen and oxygen atoms in total. The third-order valence-electron chi connectivity index (χ3n) is 6.28. The summed E-state index contributed by atoms with van der Waals surface area (Å²) in [6.45, 7) is 4.46. The molecule has 0 aromatic carbocycles. The minimum Gasteiger partial charge on any atom is -0.378 e. The Labute approximate surface area is 165 Å². The fourth-order valence-corrected chi connectivity index (χ4v) is 4.42. The molecule has 0 heterocycles. The van der Waals surface area contributed by atoms with Crippen LogP contribution in [-0.4, -0.2) is 42.7 Å². The Morgan fingerprint density at radius 1 is 0.889 bits per heavy atom. The van der Waals surface area contributed by atoms with Gasteiger partial charge in [0, 0.05) is 25.7 Å². The van der Waals surface area contributed by atoms with Crippen molar-refractivity contribution in [1.82, 2.24) is 5.32 Å². The second-order valence-electron chi connectivity index (χ2n) is 9.03. The molecule has 1 amide bonds. The highest BCUT2D eigenvalue weighted by molar-refractivity contribution is 5.83. The minimum atomic E-state index is 0. The maximum atomic E-state index is 12.2. The van der Waals surface area contributed by atoms with E-state index in [0.29, 0.717) is 31.0 Å². The quantitative estimate of drug-likeness (QED) is 0.655. The van der Waals surface area contributed by atoms with Gasteiger partial charge in [-0.2, -0.15) is 0 Å². The minimum absolute atomic E-state index is 0. The van der Waals surface area contributed by atoms with Crippen molar-refractivity contribution in [2.24, 2.45) is 11.8 Å². The first kappa shape index (κ1) is 20.8. The fourth-order valence-electron chi connectivity index (χ4n) is 4.42. The van der Waals surface area contributed by atoms with Crippen LogP contribution in [0, 0.1) is 11.8 Å². The molecule has 156 valence electrons. The lowest BCUT2D eigenvalue weighted by Crippen LogP contribution is -2.39. The van der Waals surface area contributed by atoms with E-state index in [9.17, 15) is 9.59 Å². The monoisotopic (exact) mass is 381 g/mol.